The molecule has 0 aromatic heterocycles. The molecule has 292 valence electrons. The third kappa shape index (κ3) is 33.3. The number of allylic oxidation sites excluding steroid dienone is 2. The number of carbonyl (C=O) groups is 3. The van der Waals surface area contributed by atoms with Gasteiger partial charge in [-0.2, -0.15) is 11.8 Å². The Bertz CT molecular complexity index is 794. The van der Waals surface area contributed by atoms with Crippen LogP contribution in [0, 0.1) is 0 Å². The number of carbonyl (C=O) groups excluding carboxylic acids is 3. The maximum absolute atomic E-state index is 13.2. The Hall–Kier alpha value is -1.80. The summed E-state index contributed by atoms with van der Waals surface area (Å²) in [6.45, 7) is 14.3. The van der Waals surface area contributed by atoms with Crippen LogP contribution < -0.4 is 0 Å². The predicted octanol–water partition coefficient (Wildman–Crippen LogP) is 10.7. The molecule has 1 amide bonds. The fraction of sp³-hybridized carbons (Fsp3) is 0.833. The van der Waals surface area contributed by atoms with E-state index in [4.69, 9.17) is 9.47 Å². The van der Waals surface area contributed by atoms with Gasteiger partial charge in [0.15, 0.2) is 0 Å². The Morgan fingerprint density at radius 2 is 0.960 bits per heavy atom. The van der Waals surface area contributed by atoms with Crippen molar-refractivity contribution in [2.45, 2.75) is 169 Å². The van der Waals surface area contributed by atoms with Gasteiger partial charge in [-0.25, -0.2) is 0 Å². The van der Waals surface area contributed by atoms with Crippen molar-refractivity contribution in [1.82, 2.24) is 9.80 Å². The molecule has 0 N–H and O–H groups in total. The Morgan fingerprint density at radius 3 is 1.42 bits per heavy atom. The minimum atomic E-state index is -0.105. The minimum Gasteiger partial charge on any atom is -0.461 e. The van der Waals surface area contributed by atoms with Crippen LogP contribution in [0.15, 0.2) is 24.3 Å². The van der Waals surface area contributed by atoms with Gasteiger partial charge < -0.3 is 19.3 Å². The van der Waals surface area contributed by atoms with Crippen molar-refractivity contribution in [2.24, 2.45) is 0 Å². The van der Waals surface area contributed by atoms with E-state index >= 15 is 0 Å². The largest absolute Gasteiger partial charge is 0.461 e. The summed E-state index contributed by atoms with van der Waals surface area (Å²) < 4.78 is 10.7. The summed E-state index contributed by atoms with van der Waals surface area (Å²) in [4.78, 5) is 41.7. The molecular weight excluding hydrogens is 645 g/mol. The highest BCUT2D eigenvalue weighted by molar-refractivity contribution is 7.99. The first-order valence-corrected chi connectivity index (χ1v) is 21.8. The molecule has 0 aliphatic heterocycles. The smallest absolute Gasteiger partial charge is 0.306 e. The van der Waals surface area contributed by atoms with Gasteiger partial charge in [0.2, 0.25) is 5.91 Å². The summed E-state index contributed by atoms with van der Waals surface area (Å²) in [7, 11) is 0. The summed E-state index contributed by atoms with van der Waals surface area (Å²) in [5, 5.41) is 0. The van der Waals surface area contributed by atoms with E-state index < -0.39 is 0 Å². The monoisotopic (exact) mass is 723 g/mol. The van der Waals surface area contributed by atoms with Crippen LogP contribution >= 0.6 is 11.8 Å². The van der Waals surface area contributed by atoms with Crippen molar-refractivity contribution < 1.29 is 23.9 Å². The summed E-state index contributed by atoms with van der Waals surface area (Å²) in [5.41, 5.74) is 0. The second kappa shape index (κ2) is 38.4. The second-order valence-corrected chi connectivity index (χ2v) is 14.6. The average molecular weight is 723 g/mol. The fourth-order valence-electron chi connectivity index (χ4n) is 5.73. The number of hydrogen-bond donors (Lipinski definition) is 0. The van der Waals surface area contributed by atoms with Crippen molar-refractivity contribution in [3.63, 3.8) is 0 Å². The Kier molecular flexibility index (Phi) is 37.0. The SMILES string of the molecule is CCCCCC/C=C\COC(=O)CCCCCCCN(CCCCCCCC(=O)OC/C=C\CCCCCC)C(=O)CSCCN(CC)CC. The van der Waals surface area contributed by atoms with E-state index in [1.807, 2.05) is 12.2 Å². The Balaban J connectivity index is 4.24. The molecule has 0 fully saturated rings. The number of unbranched alkanes of at least 4 members (excludes halogenated alkanes) is 16. The van der Waals surface area contributed by atoms with Gasteiger partial charge in [-0.1, -0.05) is 129 Å². The van der Waals surface area contributed by atoms with E-state index in [1.165, 1.54) is 51.4 Å². The molecule has 0 atom stereocenters. The maximum Gasteiger partial charge on any atom is 0.306 e. The molecule has 0 heterocycles. The standard InChI is InChI=1S/C42H78N2O5S/c1-5-9-11-13-15-23-29-36-48-41(46)31-25-19-17-21-27-33-44(40(45)39-50-38-35-43(7-3)8-4)34-28-22-18-20-26-32-42(47)49-37-30-24-16-14-12-10-6-2/h23-24,29-30H,5-22,25-28,31-39H2,1-4H3/b29-23-,30-24-. The molecule has 0 aliphatic carbocycles. The van der Waals surface area contributed by atoms with Gasteiger partial charge in [-0.3, -0.25) is 14.4 Å². The summed E-state index contributed by atoms with van der Waals surface area (Å²) in [6, 6.07) is 0. The van der Waals surface area contributed by atoms with E-state index in [1.54, 1.807) is 11.8 Å². The van der Waals surface area contributed by atoms with Gasteiger partial charge >= 0.3 is 11.9 Å². The highest BCUT2D eigenvalue weighted by Crippen LogP contribution is 2.12. The van der Waals surface area contributed by atoms with Crippen LogP contribution in [0.5, 0.6) is 0 Å². The van der Waals surface area contributed by atoms with Crippen LogP contribution in [0.25, 0.3) is 0 Å². The first-order valence-electron chi connectivity index (χ1n) is 20.7. The molecule has 0 bridgehead atoms. The number of hydrogen-bond acceptors (Lipinski definition) is 7. The molecule has 0 aromatic rings. The lowest BCUT2D eigenvalue weighted by Gasteiger charge is -2.23. The van der Waals surface area contributed by atoms with E-state index in [9.17, 15) is 14.4 Å². The normalized spacial score (nSPS) is 11.6. The zero-order valence-electron chi connectivity index (χ0n) is 33.1. The molecular formula is C42H78N2O5S. The summed E-state index contributed by atoms with van der Waals surface area (Å²) in [6.07, 6.45) is 31.3. The van der Waals surface area contributed by atoms with Gasteiger partial charge in [0.05, 0.1) is 5.75 Å². The maximum atomic E-state index is 13.2. The lowest BCUT2D eigenvalue weighted by Crippen LogP contribution is -2.34. The lowest BCUT2D eigenvalue weighted by atomic mass is 10.1. The average Bonchev–Trinajstić information content (AvgIpc) is 3.12. The molecule has 8 heteroatoms. The Morgan fingerprint density at radius 1 is 0.520 bits per heavy atom. The van der Waals surface area contributed by atoms with Crippen LogP contribution in [0.3, 0.4) is 0 Å². The first-order chi connectivity index (χ1) is 24.5. The van der Waals surface area contributed by atoms with Crippen LogP contribution in [0.2, 0.25) is 0 Å². The number of rotatable bonds is 37. The number of amides is 1. The molecule has 7 nitrogen and oxygen atoms in total. The zero-order valence-corrected chi connectivity index (χ0v) is 33.9. The van der Waals surface area contributed by atoms with Crippen molar-refractivity contribution in [3.8, 4) is 0 Å². The van der Waals surface area contributed by atoms with Gasteiger partial charge in [0.1, 0.15) is 13.2 Å². The number of thioether (sulfide) groups is 1. The van der Waals surface area contributed by atoms with Gasteiger partial charge in [-0.05, 0) is 64.5 Å². The van der Waals surface area contributed by atoms with Crippen molar-refractivity contribution in [3.05, 3.63) is 24.3 Å². The molecule has 0 aliphatic rings. The van der Waals surface area contributed by atoms with E-state index in [2.05, 4.69) is 49.6 Å². The fourth-order valence-corrected chi connectivity index (χ4v) is 6.62. The molecule has 0 aromatic carbocycles. The van der Waals surface area contributed by atoms with Crippen LogP contribution in [-0.2, 0) is 23.9 Å². The quantitative estimate of drug-likeness (QED) is 0.0359. The highest BCUT2D eigenvalue weighted by atomic mass is 32.2. The van der Waals surface area contributed by atoms with Crippen LogP contribution in [0.4, 0.5) is 0 Å². The molecule has 0 saturated carbocycles. The zero-order chi connectivity index (χ0) is 36.8. The first kappa shape index (κ1) is 48.2. The van der Waals surface area contributed by atoms with E-state index in [0.29, 0.717) is 31.8 Å². The molecule has 0 radical (unpaired) electrons. The molecule has 0 unspecified atom stereocenters. The van der Waals surface area contributed by atoms with Crippen LogP contribution in [-0.4, -0.2) is 85.1 Å². The van der Waals surface area contributed by atoms with Gasteiger partial charge in [0.25, 0.3) is 0 Å². The van der Waals surface area contributed by atoms with E-state index in [-0.39, 0.29) is 17.8 Å². The summed E-state index contributed by atoms with van der Waals surface area (Å²) in [5.74, 6) is 1.58. The highest BCUT2D eigenvalue weighted by Gasteiger charge is 2.13. The van der Waals surface area contributed by atoms with Crippen molar-refractivity contribution in [1.29, 1.82) is 0 Å². The topological polar surface area (TPSA) is 76.1 Å². The molecule has 0 saturated heterocycles. The van der Waals surface area contributed by atoms with Crippen molar-refractivity contribution in [2.75, 3.05) is 57.4 Å². The Labute approximate surface area is 313 Å². The van der Waals surface area contributed by atoms with Crippen LogP contribution in [0.1, 0.15) is 169 Å². The molecule has 50 heavy (non-hydrogen) atoms. The van der Waals surface area contributed by atoms with Gasteiger partial charge in [0, 0.05) is 38.2 Å². The summed E-state index contributed by atoms with van der Waals surface area (Å²) >= 11 is 1.75. The van der Waals surface area contributed by atoms with E-state index in [0.717, 1.165) is 116 Å². The van der Waals surface area contributed by atoms with Crippen molar-refractivity contribution >= 4 is 29.6 Å². The second-order valence-electron chi connectivity index (χ2n) is 13.5. The van der Waals surface area contributed by atoms with Gasteiger partial charge in [-0.15, -0.1) is 0 Å². The number of nitrogens with zero attached hydrogens (tertiary/aromatic N) is 2. The number of esters is 2. The third-order valence-corrected chi connectivity index (χ3v) is 10.0. The lowest BCUT2D eigenvalue weighted by molar-refractivity contribution is -0.143. The number of ether oxygens (including phenoxy) is 2. The molecule has 0 spiro atoms. The minimum absolute atomic E-state index is 0.105. The molecule has 0 rings (SSSR count). The third-order valence-electron chi connectivity index (χ3n) is 9.11. The predicted molar refractivity (Wildman–Crippen MR) is 215 cm³/mol.